The highest BCUT2D eigenvalue weighted by Gasteiger charge is 2.14. The van der Waals surface area contributed by atoms with E-state index >= 15 is 0 Å². The number of hydrogen-bond donors (Lipinski definition) is 2. The molecule has 2 aromatic rings. The van der Waals surface area contributed by atoms with Crippen LogP contribution >= 0.6 is 0 Å². The fourth-order valence-electron chi connectivity index (χ4n) is 2.10. The van der Waals surface area contributed by atoms with Crippen LogP contribution in [0.2, 0.25) is 0 Å². The zero-order valence-electron chi connectivity index (χ0n) is 12.1. The van der Waals surface area contributed by atoms with E-state index in [-0.39, 0.29) is 17.4 Å². The van der Waals surface area contributed by atoms with Crippen molar-refractivity contribution in [1.29, 1.82) is 5.26 Å². The molecule has 108 valence electrons. The monoisotopic (exact) mass is 284 g/mol. The lowest BCUT2D eigenvalue weighted by Crippen LogP contribution is -2.12. The van der Waals surface area contributed by atoms with Gasteiger partial charge in [0.1, 0.15) is 23.1 Å². The first kappa shape index (κ1) is 14.7. The van der Waals surface area contributed by atoms with E-state index in [1.807, 2.05) is 19.9 Å². The van der Waals surface area contributed by atoms with E-state index in [0.717, 1.165) is 0 Å². The molecule has 0 aliphatic carbocycles. The van der Waals surface area contributed by atoms with Crippen molar-refractivity contribution >= 4 is 0 Å². The van der Waals surface area contributed by atoms with E-state index in [4.69, 9.17) is 10.00 Å². The van der Waals surface area contributed by atoms with Crippen molar-refractivity contribution in [3.63, 3.8) is 0 Å². The lowest BCUT2D eigenvalue weighted by atomic mass is 10.00. The number of hydrogen-bond acceptors (Lipinski definition) is 4. The van der Waals surface area contributed by atoms with E-state index in [1.54, 1.807) is 25.1 Å². The molecule has 0 unspecified atom stereocenters. The summed E-state index contributed by atoms with van der Waals surface area (Å²) in [4.78, 5) is 14.4. The van der Waals surface area contributed by atoms with Crippen molar-refractivity contribution in [2.24, 2.45) is 0 Å². The quantitative estimate of drug-likeness (QED) is 0.907. The van der Waals surface area contributed by atoms with Crippen LogP contribution in [0.4, 0.5) is 0 Å². The number of aromatic hydroxyl groups is 1. The molecule has 0 saturated heterocycles. The van der Waals surface area contributed by atoms with Crippen molar-refractivity contribution < 1.29 is 9.84 Å². The van der Waals surface area contributed by atoms with Gasteiger partial charge in [0.15, 0.2) is 0 Å². The second kappa shape index (κ2) is 5.71. The molecule has 5 nitrogen and oxygen atoms in total. The number of rotatable bonds is 3. The number of pyridine rings is 1. The first-order valence-corrected chi connectivity index (χ1v) is 6.56. The van der Waals surface area contributed by atoms with Crippen molar-refractivity contribution in [3.8, 4) is 28.7 Å². The summed E-state index contributed by atoms with van der Waals surface area (Å²) in [5, 5.41) is 19.3. The third kappa shape index (κ3) is 3.06. The topological polar surface area (TPSA) is 86.1 Å². The predicted molar refractivity (Wildman–Crippen MR) is 79.4 cm³/mol. The Morgan fingerprint density at radius 1 is 1.29 bits per heavy atom. The number of phenolic OH excluding ortho intramolecular Hbond substituents is 1. The molecule has 0 amide bonds. The Balaban J connectivity index is 2.58. The number of benzene rings is 1. The maximum absolute atomic E-state index is 11.8. The molecule has 0 bridgehead atoms. The van der Waals surface area contributed by atoms with Gasteiger partial charge in [-0.25, -0.2) is 0 Å². The van der Waals surface area contributed by atoms with Gasteiger partial charge in [-0.3, -0.25) is 4.79 Å². The Morgan fingerprint density at radius 3 is 2.57 bits per heavy atom. The van der Waals surface area contributed by atoms with Crippen LogP contribution in [0.1, 0.15) is 25.1 Å². The molecule has 0 aliphatic heterocycles. The van der Waals surface area contributed by atoms with Gasteiger partial charge in [-0.15, -0.1) is 0 Å². The Labute approximate surface area is 122 Å². The van der Waals surface area contributed by atoms with Gasteiger partial charge in [0.05, 0.1) is 6.10 Å². The smallest absolute Gasteiger partial charge is 0.266 e. The molecule has 2 N–H and O–H groups in total. The number of aromatic amines is 1. The molecule has 21 heavy (non-hydrogen) atoms. The molecule has 1 aromatic carbocycles. The predicted octanol–water partition coefficient (Wildman–Crippen LogP) is 2.71. The highest BCUT2D eigenvalue weighted by atomic mass is 16.5. The standard InChI is InChI=1S/C16H16N2O3/c1-9(2)21-11-4-5-12(15(19)7-11)13-6-10(3)18-16(20)14(13)8-17/h4-7,9,19H,1-3H3,(H,18,20). The van der Waals surface area contributed by atoms with Gasteiger partial charge in [0, 0.05) is 22.9 Å². The summed E-state index contributed by atoms with van der Waals surface area (Å²) in [6, 6.07) is 8.36. The second-order valence-corrected chi connectivity index (χ2v) is 5.03. The minimum atomic E-state index is -0.464. The number of nitriles is 1. The molecule has 5 heteroatoms. The lowest BCUT2D eigenvalue weighted by Gasteiger charge is -2.12. The average molecular weight is 284 g/mol. The van der Waals surface area contributed by atoms with Crippen molar-refractivity contribution in [3.05, 3.63) is 45.9 Å². The summed E-state index contributed by atoms with van der Waals surface area (Å²) in [5.74, 6) is 0.501. The van der Waals surface area contributed by atoms with E-state index < -0.39 is 5.56 Å². The van der Waals surface area contributed by atoms with Gasteiger partial charge in [0.2, 0.25) is 0 Å². The van der Waals surface area contributed by atoms with Crippen LogP contribution in [-0.4, -0.2) is 16.2 Å². The minimum Gasteiger partial charge on any atom is -0.507 e. The van der Waals surface area contributed by atoms with E-state index in [9.17, 15) is 9.90 Å². The second-order valence-electron chi connectivity index (χ2n) is 5.03. The molecule has 0 atom stereocenters. The van der Waals surface area contributed by atoms with Crippen LogP contribution in [0.25, 0.3) is 11.1 Å². The molecule has 0 fully saturated rings. The zero-order valence-corrected chi connectivity index (χ0v) is 12.1. The number of nitrogens with zero attached hydrogens (tertiary/aromatic N) is 1. The zero-order chi connectivity index (χ0) is 15.6. The third-order valence-corrected chi connectivity index (χ3v) is 2.91. The molecule has 1 aromatic heterocycles. The summed E-state index contributed by atoms with van der Waals surface area (Å²) in [5.41, 5.74) is 0.975. The van der Waals surface area contributed by atoms with E-state index in [2.05, 4.69) is 4.98 Å². The molecule has 0 saturated carbocycles. The summed E-state index contributed by atoms with van der Waals surface area (Å²) < 4.78 is 5.50. The first-order chi connectivity index (χ1) is 9.92. The number of ether oxygens (including phenoxy) is 1. The average Bonchev–Trinajstić information content (AvgIpc) is 2.37. The molecule has 2 rings (SSSR count). The maximum atomic E-state index is 11.8. The Morgan fingerprint density at radius 2 is 2.00 bits per heavy atom. The Kier molecular flexibility index (Phi) is 3.99. The van der Waals surface area contributed by atoms with Crippen LogP contribution in [-0.2, 0) is 0 Å². The number of aryl methyl sites for hydroxylation is 1. The SMILES string of the molecule is Cc1cc(-c2ccc(OC(C)C)cc2O)c(C#N)c(=O)[nH]1. The fraction of sp³-hybridized carbons (Fsp3) is 0.250. The lowest BCUT2D eigenvalue weighted by molar-refractivity contribution is 0.241. The van der Waals surface area contributed by atoms with Crippen molar-refractivity contribution in [2.45, 2.75) is 26.9 Å². The normalized spacial score (nSPS) is 10.4. The number of aromatic nitrogens is 1. The molecule has 0 radical (unpaired) electrons. The van der Waals surface area contributed by atoms with Crippen molar-refractivity contribution in [1.82, 2.24) is 4.98 Å². The molecular formula is C16H16N2O3. The van der Waals surface area contributed by atoms with Crippen LogP contribution in [0.3, 0.4) is 0 Å². The van der Waals surface area contributed by atoms with E-state index in [1.165, 1.54) is 6.07 Å². The van der Waals surface area contributed by atoms with Gasteiger partial charge in [-0.05, 0) is 39.0 Å². The summed E-state index contributed by atoms with van der Waals surface area (Å²) >= 11 is 0. The fourth-order valence-corrected chi connectivity index (χ4v) is 2.10. The molecule has 0 aliphatic rings. The van der Waals surface area contributed by atoms with Gasteiger partial charge < -0.3 is 14.8 Å². The Bertz CT molecular complexity index is 770. The number of nitrogens with one attached hydrogen (secondary N) is 1. The maximum Gasteiger partial charge on any atom is 0.266 e. The number of H-pyrrole nitrogens is 1. The van der Waals surface area contributed by atoms with Gasteiger partial charge in [-0.2, -0.15) is 5.26 Å². The highest BCUT2D eigenvalue weighted by Crippen LogP contribution is 2.33. The van der Waals surface area contributed by atoms with Gasteiger partial charge >= 0.3 is 0 Å². The Hall–Kier alpha value is -2.74. The van der Waals surface area contributed by atoms with Crippen LogP contribution < -0.4 is 10.3 Å². The molecule has 0 spiro atoms. The minimum absolute atomic E-state index is 0.00765. The molecular weight excluding hydrogens is 268 g/mol. The van der Waals surface area contributed by atoms with Crippen LogP contribution in [0, 0.1) is 18.3 Å². The number of phenols is 1. The van der Waals surface area contributed by atoms with Crippen LogP contribution in [0.15, 0.2) is 29.1 Å². The van der Waals surface area contributed by atoms with Crippen LogP contribution in [0.5, 0.6) is 11.5 Å². The summed E-state index contributed by atoms with van der Waals surface area (Å²) in [6.07, 6.45) is -0.00765. The highest BCUT2D eigenvalue weighted by molar-refractivity contribution is 5.76. The van der Waals surface area contributed by atoms with Crippen molar-refractivity contribution in [2.75, 3.05) is 0 Å². The summed E-state index contributed by atoms with van der Waals surface area (Å²) in [7, 11) is 0. The summed E-state index contributed by atoms with van der Waals surface area (Å²) in [6.45, 7) is 5.50. The molecule has 1 heterocycles. The van der Waals surface area contributed by atoms with Gasteiger partial charge in [0.25, 0.3) is 5.56 Å². The van der Waals surface area contributed by atoms with Gasteiger partial charge in [-0.1, -0.05) is 0 Å². The third-order valence-electron chi connectivity index (χ3n) is 2.91. The largest absolute Gasteiger partial charge is 0.507 e. The first-order valence-electron chi connectivity index (χ1n) is 6.56. The van der Waals surface area contributed by atoms with E-state index in [0.29, 0.717) is 22.6 Å².